The van der Waals surface area contributed by atoms with Crippen LogP contribution in [0.1, 0.15) is 43.4 Å². The second kappa shape index (κ2) is 4.89. The number of aromatic nitrogens is 2. The lowest BCUT2D eigenvalue weighted by Gasteiger charge is -2.33. The van der Waals surface area contributed by atoms with Gasteiger partial charge in [-0.25, -0.2) is 4.79 Å². The Labute approximate surface area is 122 Å². The van der Waals surface area contributed by atoms with Crippen LogP contribution in [0.25, 0.3) is 0 Å². The molecule has 0 radical (unpaired) electrons. The van der Waals surface area contributed by atoms with Crippen molar-refractivity contribution in [3.63, 3.8) is 0 Å². The summed E-state index contributed by atoms with van der Waals surface area (Å²) in [5.41, 5.74) is 2.00. The van der Waals surface area contributed by atoms with Crippen LogP contribution in [0.15, 0.2) is 0 Å². The van der Waals surface area contributed by atoms with Crippen LogP contribution in [0.2, 0.25) is 0 Å². The Bertz CT molecular complexity index is 594. The predicted molar refractivity (Wildman–Crippen MR) is 75.2 cm³/mol. The summed E-state index contributed by atoms with van der Waals surface area (Å²) >= 11 is 5.41. The minimum absolute atomic E-state index is 0.0694. The molecule has 7 heteroatoms. The van der Waals surface area contributed by atoms with E-state index in [1.165, 1.54) is 4.90 Å². The number of carbonyl (C=O) groups is 1. The van der Waals surface area contributed by atoms with Gasteiger partial charge in [0.1, 0.15) is 4.64 Å². The van der Waals surface area contributed by atoms with Crippen molar-refractivity contribution in [2.24, 2.45) is 0 Å². The van der Waals surface area contributed by atoms with E-state index >= 15 is 0 Å². The summed E-state index contributed by atoms with van der Waals surface area (Å²) in [5.74, 6) is 0.244. The minimum Gasteiger partial charge on any atom is -0.465 e. The zero-order valence-corrected chi connectivity index (χ0v) is 12.2. The molecule has 1 aromatic heterocycles. The molecule has 20 heavy (non-hydrogen) atoms. The van der Waals surface area contributed by atoms with Crippen LogP contribution in [0.4, 0.5) is 4.79 Å². The molecule has 3 rings (SSSR count). The first-order chi connectivity index (χ1) is 9.47. The Morgan fingerprint density at radius 3 is 2.80 bits per heavy atom. The average molecular weight is 297 g/mol. The molecule has 1 aliphatic heterocycles. The lowest BCUT2D eigenvalue weighted by molar-refractivity contribution is 0.105. The number of fused-ring (bicyclic) bond motifs is 1. The maximum absolute atomic E-state index is 11.3. The van der Waals surface area contributed by atoms with Crippen molar-refractivity contribution in [3.8, 4) is 0 Å². The van der Waals surface area contributed by atoms with Gasteiger partial charge >= 0.3 is 6.09 Å². The van der Waals surface area contributed by atoms with Crippen molar-refractivity contribution in [1.82, 2.24) is 14.7 Å². The summed E-state index contributed by atoms with van der Waals surface area (Å²) in [7, 11) is 0. The lowest BCUT2D eigenvalue weighted by Crippen LogP contribution is -2.44. The molecule has 3 N–H and O–H groups in total. The van der Waals surface area contributed by atoms with Crippen molar-refractivity contribution in [2.45, 2.75) is 57.3 Å². The zero-order valence-electron chi connectivity index (χ0n) is 11.4. The third kappa shape index (κ3) is 2.14. The highest BCUT2D eigenvalue weighted by molar-refractivity contribution is 7.71. The Hall–Kier alpha value is -1.34. The number of hydrogen-bond acceptors (Lipinski definition) is 3. The largest absolute Gasteiger partial charge is 0.465 e. The summed E-state index contributed by atoms with van der Waals surface area (Å²) in [4.78, 5) is 12.8. The maximum Gasteiger partial charge on any atom is 0.407 e. The fourth-order valence-electron chi connectivity index (χ4n) is 3.43. The first-order valence-electron chi connectivity index (χ1n) is 6.96. The van der Waals surface area contributed by atoms with Gasteiger partial charge in [-0.05, 0) is 32.1 Å². The second-order valence-corrected chi connectivity index (χ2v) is 6.24. The second-order valence-electron chi connectivity index (χ2n) is 5.84. The molecule has 3 atom stereocenters. The van der Waals surface area contributed by atoms with E-state index in [9.17, 15) is 15.0 Å². The summed E-state index contributed by atoms with van der Waals surface area (Å²) < 4.78 is 2.67. The number of H-pyrrole nitrogens is 1. The zero-order chi connectivity index (χ0) is 14.4. The van der Waals surface area contributed by atoms with Crippen molar-refractivity contribution in [3.05, 3.63) is 15.9 Å². The summed E-state index contributed by atoms with van der Waals surface area (Å²) in [5, 5.41) is 22.2. The van der Waals surface area contributed by atoms with E-state index in [0.717, 1.165) is 30.5 Å². The number of carboxylic acid groups (broad SMARTS) is 1. The van der Waals surface area contributed by atoms with Crippen LogP contribution in [0.3, 0.4) is 0 Å². The molecule has 0 saturated heterocycles. The quantitative estimate of drug-likeness (QED) is 0.693. The Morgan fingerprint density at radius 2 is 2.20 bits per heavy atom. The molecule has 110 valence electrons. The molecule has 6 nitrogen and oxygen atoms in total. The molecular formula is C13H19N3O3S. The number of hydrogen-bond donors (Lipinski definition) is 3. The highest BCUT2D eigenvalue weighted by Crippen LogP contribution is 2.38. The summed E-state index contributed by atoms with van der Waals surface area (Å²) in [6.07, 6.45) is 1.27. The average Bonchev–Trinajstić information content (AvgIpc) is 2.90. The van der Waals surface area contributed by atoms with Gasteiger partial charge in [0, 0.05) is 5.56 Å². The van der Waals surface area contributed by atoms with Gasteiger partial charge in [0.05, 0.1) is 30.9 Å². The predicted octanol–water partition coefficient (Wildman–Crippen LogP) is 2.06. The van der Waals surface area contributed by atoms with E-state index in [2.05, 4.69) is 5.10 Å². The van der Waals surface area contributed by atoms with Crippen molar-refractivity contribution >= 4 is 18.3 Å². The van der Waals surface area contributed by atoms with Gasteiger partial charge in [-0.15, -0.1) is 0 Å². The van der Waals surface area contributed by atoms with Crippen molar-refractivity contribution in [2.75, 3.05) is 0 Å². The van der Waals surface area contributed by atoms with Gasteiger partial charge in [0.15, 0.2) is 0 Å². The van der Waals surface area contributed by atoms with E-state index in [4.69, 9.17) is 12.2 Å². The van der Waals surface area contributed by atoms with Gasteiger partial charge in [0.2, 0.25) is 0 Å². The number of nitrogens with zero attached hydrogens (tertiary/aromatic N) is 2. The third-order valence-corrected chi connectivity index (χ3v) is 4.79. The molecule has 0 bridgehead atoms. The van der Waals surface area contributed by atoms with E-state index in [-0.39, 0.29) is 18.1 Å². The maximum atomic E-state index is 11.3. The number of aromatic amines is 1. The van der Waals surface area contributed by atoms with E-state index in [1.54, 1.807) is 0 Å². The molecule has 1 fully saturated rings. The fourth-order valence-corrected chi connectivity index (χ4v) is 3.82. The number of amides is 1. The molecule has 2 aliphatic rings. The van der Waals surface area contributed by atoms with Crippen LogP contribution in [0, 0.1) is 4.64 Å². The smallest absolute Gasteiger partial charge is 0.407 e. The normalized spacial score (nSPS) is 29.5. The van der Waals surface area contributed by atoms with Crippen LogP contribution < -0.4 is 0 Å². The SMILES string of the molecule is C[C@H]1Cn2[nH]c(=S)c(C3CCC(O)C3)c2CN1C(=O)O. The Morgan fingerprint density at radius 1 is 1.45 bits per heavy atom. The number of aliphatic hydroxyl groups excluding tert-OH is 1. The highest BCUT2D eigenvalue weighted by atomic mass is 32.1. The van der Waals surface area contributed by atoms with Crippen LogP contribution in [0.5, 0.6) is 0 Å². The molecule has 1 saturated carbocycles. The standard InChI is InChI=1S/C13H19N3O3S/c1-7-5-16-10(6-15(7)13(18)19)11(12(20)14-16)8-2-3-9(17)4-8/h7-9,17H,2-6H2,1H3,(H,14,20)(H,18,19)/t7-,8?,9?/m0/s1. The van der Waals surface area contributed by atoms with Gasteiger partial charge in [0.25, 0.3) is 0 Å². The fraction of sp³-hybridized carbons (Fsp3) is 0.692. The van der Waals surface area contributed by atoms with E-state index < -0.39 is 6.09 Å². The number of nitrogens with one attached hydrogen (secondary N) is 1. The number of rotatable bonds is 1. The molecule has 0 aromatic carbocycles. The minimum atomic E-state index is -0.895. The van der Waals surface area contributed by atoms with Gasteiger partial charge in [-0.3, -0.25) is 14.7 Å². The summed E-state index contributed by atoms with van der Waals surface area (Å²) in [6.45, 7) is 2.86. The van der Waals surface area contributed by atoms with Gasteiger partial charge in [-0.2, -0.15) is 0 Å². The van der Waals surface area contributed by atoms with Crippen molar-refractivity contribution in [1.29, 1.82) is 0 Å². The van der Waals surface area contributed by atoms with E-state index in [1.807, 2.05) is 11.6 Å². The molecule has 1 aliphatic carbocycles. The molecule has 0 spiro atoms. The Kier molecular flexibility index (Phi) is 3.33. The Balaban J connectivity index is 1.98. The first kappa shape index (κ1) is 13.6. The third-order valence-electron chi connectivity index (χ3n) is 4.48. The molecule has 2 unspecified atom stereocenters. The molecule has 1 amide bonds. The van der Waals surface area contributed by atoms with E-state index in [0.29, 0.717) is 17.7 Å². The molecule has 1 aromatic rings. The van der Waals surface area contributed by atoms with Gasteiger partial charge < -0.3 is 10.2 Å². The van der Waals surface area contributed by atoms with Crippen LogP contribution in [-0.4, -0.2) is 43.1 Å². The van der Waals surface area contributed by atoms with Crippen molar-refractivity contribution < 1.29 is 15.0 Å². The van der Waals surface area contributed by atoms with Crippen LogP contribution in [-0.2, 0) is 13.1 Å². The lowest BCUT2D eigenvalue weighted by atomic mass is 9.97. The topological polar surface area (TPSA) is 81.5 Å². The monoisotopic (exact) mass is 297 g/mol. The highest BCUT2D eigenvalue weighted by Gasteiger charge is 2.34. The molecular weight excluding hydrogens is 278 g/mol. The first-order valence-corrected chi connectivity index (χ1v) is 7.37. The van der Waals surface area contributed by atoms with Gasteiger partial charge in [-0.1, -0.05) is 12.2 Å². The molecule has 2 heterocycles. The number of aliphatic hydroxyl groups is 1. The summed E-state index contributed by atoms with van der Waals surface area (Å²) in [6, 6.07) is -0.0694. The van der Waals surface area contributed by atoms with Crippen LogP contribution >= 0.6 is 12.2 Å².